The standard InChI is InChI=1S/C24H23F2NO3/c1-2-9-30-17-6-3-14(4-7-17)15-10-21-24(22(28)11-15)19(13-23(29)27-21)18-12-16(25)5-8-20(18)26/h3-8,12,15,19H,2,9-11,13H2,1H3,(H,27,29). The topological polar surface area (TPSA) is 55.4 Å². The molecule has 1 heterocycles. The molecule has 4 nitrogen and oxygen atoms in total. The van der Waals surface area contributed by atoms with Crippen LogP contribution in [0.3, 0.4) is 0 Å². The average molecular weight is 411 g/mol. The van der Waals surface area contributed by atoms with Gasteiger partial charge in [0.2, 0.25) is 5.91 Å². The van der Waals surface area contributed by atoms with E-state index in [2.05, 4.69) is 5.32 Å². The second-order valence-corrected chi connectivity index (χ2v) is 7.81. The molecule has 1 N–H and O–H groups in total. The van der Waals surface area contributed by atoms with Gasteiger partial charge in [0.05, 0.1) is 6.61 Å². The molecule has 30 heavy (non-hydrogen) atoms. The van der Waals surface area contributed by atoms with E-state index in [-0.39, 0.29) is 36.0 Å². The number of carbonyl (C=O) groups excluding carboxylic acids is 2. The molecule has 0 saturated heterocycles. The van der Waals surface area contributed by atoms with E-state index in [1.54, 1.807) is 0 Å². The Morgan fingerprint density at radius 3 is 2.53 bits per heavy atom. The fraction of sp³-hybridized carbons (Fsp3) is 0.333. The highest BCUT2D eigenvalue weighted by Crippen LogP contribution is 2.43. The second-order valence-electron chi connectivity index (χ2n) is 7.81. The van der Waals surface area contributed by atoms with Crippen molar-refractivity contribution in [1.29, 1.82) is 0 Å². The number of hydrogen-bond donors (Lipinski definition) is 1. The van der Waals surface area contributed by atoms with Crippen molar-refractivity contribution in [1.82, 2.24) is 5.32 Å². The van der Waals surface area contributed by atoms with E-state index >= 15 is 0 Å². The Morgan fingerprint density at radius 1 is 1.03 bits per heavy atom. The lowest BCUT2D eigenvalue weighted by Gasteiger charge is -2.34. The summed E-state index contributed by atoms with van der Waals surface area (Å²) < 4.78 is 33.7. The number of benzene rings is 2. The number of hydrogen-bond acceptors (Lipinski definition) is 3. The Bertz CT molecular complexity index is 1010. The molecular weight excluding hydrogens is 388 g/mol. The molecule has 2 aromatic rings. The van der Waals surface area contributed by atoms with Crippen LogP contribution in [0.1, 0.15) is 55.6 Å². The highest BCUT2D eigenvalue weighted by atomic mass is 19.1. The van der Waals surface area contributed by atoms with Gasteiger partial charge in [-0.2, -0.15) is 0 Å². The van der Waals surface area contributed by atoms with E-state index in [4.69, 9.17) is 4.74 Å². The second kappa shape index (κ2) is 8.38. The van der Waals surface area contributed by atoms with Gasteiger partial charge in [0.15, 0.2) is 5.78 Å². The van der Waals surface area contributed by atoms with Gasteiger partial charge >= 0.3 is 0 Å². The Kier molecular flexibility index (Phi) is 5.66. The number of nitrogens with one attached hydrogen (secondary N) is 1. The molecule has 4 rings (SSSR count). The van der Waals surface area contributed by atoms with Crippen molar-refractivity contribution in [2.75, 3.05) is 6.61 Å². The van der Waals surface area contributed by atoms with Gasteiger partial charge in [0.25, 0.3) is 0 Å². The van der Waals surface area contributed by atoms with Crippen LogP contribution >= 0.6 is 0 Å². The summed E-state index contributed by atoms with van der Waals surface area (Å²) >= 11 is 0. The summed E-state index contributed by atoms with van der Waals surface area (Å²) in [5.74, 6) is -1.71. The van der Waals surface area contributed by atoms with E-state index in [0.29, 0.717) is 24.3 Å². The van der Waals surface area contributed by atoms with Crippen molar-refractivity contribution < 1.29 is 23.1 Å². The van der Waals surface area contributed by atoms with E-state index in [0.717, 1.165) is 35.9 Å². The Labute approximate surface area is 173 Å². The van der Waals surface area contributed by atoms with Crippen LogP contribution in [0, 0.1) is 11.6 Å². The van der Waals surface area contributed by atoms with Gasteiger partial charge in [-0.1, -0.05) is 19.1 Å². The molecule has 0 saturated carbocycles. The van der Waals surface area contributed by atoms with Crippen LogP contribution in [-0.2, 0) is 9.59 Å². The quantitative estimate of drug-likeness (QED) is 0.772. The summed E-state index contributed by atoms with van der Waals surface area (Å²) in [6.45, 7) is 2.68. The highest BCUT2D eigenvalue weighted by Gasteiger charge is 2.39. The van der Waals surface area contributed by atoms with Gasteiger partial charge in [-0.25, -0.2) is 8.78 Å². The lowest BCUT2D eigenvalue weighted by molar-refractivity contribution is -0.122. The summed E-state index contributed by atoms with van der Waals surface area (Å²) in [5, 5.41) is 2.80. The first kappa shape index (κ1) is 20.3. The number of ether oxygens (including phenoxy) is 1. The van der Waals surface area contributed by atoms with Crippen LogP contribution in [-0.4, -0.2) is 18.3 Å². The Hall–Kier alpha value is -3.02. The molecule has 0 fully saturated rings. The third kappa shape index (κ3) is 3.99. The minimum Gasteiger partial charge on any atom is -0.494 e. The zero-order valence-corrected chi connectivity index (χ0v) is 16.7. The van der Waals surface area contributed by atoms with Crippen LogP contribution in [0.15, 0.2) is 53.7 Å². The van der Waals surface area contributed by atoms with Gasteiger partial charge in [0, 0.05) is 30.0 Å². The number of allylic oxidation sites excluding steroid dienone is 2. The van der Waals surface area contributed by atoms with Gasteiger partial charge in [-0.3, -0.25) is 9.59 Å². The summed E-state index contributed by atoms with van der Waals surface area (Å²) in [5.41, 5.74) is 1.96. The van der Waals surface area contributed by atoms with Crippen LogP contribution in [0.25, 0.3) is 0 Å². The maximum Gasteiger partial charge on any atom is 0.225 e. The van der Waals surface area contributed by atoms with E-state index < -0.39 is 17.6 Å². The Balaban J connectivity index is 1.63. The van der Waals surface area contributed by atoms with Crippen LogP contribution < -0.4 is 10.1 Å². The lowest BCUT2D eigenvalue weighted by atomic mass is 9.73. The van der Waals surface area contributed by atoms with Gasteiger partial charge in [-0.05, 0) is 60.2 Å². The fourth-order valence-corrected chi connectivity index (χ4v) is 4.30. The molecule has 2 aliphatic rings. The molecule has 6 heteroatoms. The summed E-state index contributed by atoms with van der Waals surface area (Å²) in [7, 11) is 0. The molecule has 1 aliphatic heterocycles. The predicted molar refractivity (Wildman–Crippen MR) is 108 cm³/mol. The molecule has 0 bridgehead atoms. The Morgan fingerprint density at radius 2 is 1.80 bits per heavy atom. The third-order valence-corrected chi connectivity index (χ3v) is 5.69. The summed E-state index contributed by atoms with van der Waals surface area (Å²) in [4.78, 5) is 25.4. The van der Waals surface area contributed by atoms with E-state index in [9.17, 15) is 18.4 Å². The smallest absolute Gasteiger partial charge is 0.225 e. The predicted octanol–water partition coefficient (Wildman–Crippen LogP) is 4.76. The number of amides is 1. The number of Topliss-reactive ketones (excluding diaryl/α,β-unsaturated/α-hetero) is 1. The molecule has 156 valence electrons. The molecule has 2 aromatic carbocycles. The molecule has 0 radical (unpaired) electrons. The van der Waals surface area contributed by atoms with Crippen molar-refractivity contribution >= 4 is 11.7 Å². The van der Waals surface area contributed by atoms with Gasteiger partial charge < -0.3 is 10.1 Å². The molecule has 2 atom stereocenters. The molecule has 0 aromatic heterocycles. The molecule has 1 aliphatic carbocycles. The minimum atomic E-state index is -0.761. The summed E-state index contributed by atoms with van der Waals surface area (Å²) in [6, 6.07) is 10.8. The number of rotatable bonds is 5. The maximum absolute atomic E-state index is 14.4. The minimum absolute atomic E-state index is 0.0570. The number of ketones is 1. The third-order valence-electron chi connectivity index (χ3n) is 5.69. The van der Waals surface area contributed by atoms with E-state index in [1.807, 2.05) is 31.2 Å². The van der Waals surface area contributed by atoms with Crippen LogP contribution in [0.5, 0.6) is 5.75 Å². The molecule has 0 spiro atoms. The highest BCUT2D eigenvalue weighted by molar-refractivity contribution is 6.02. The zero-order chi connectivity index (χ0) is 21.3. The molecular formula is C24H23F2NO3. The zero-order valence-electron chi connectivity index (χ0n) is 16.7. The molecule has 1 amide bonds. The van der Waals surface area contributed by atoms with Crippen molar-refractivity contribution in [2.45, 2.75) is 44.4 Å². The normalized spacial score (nSPS) is 21.3. The first-order valence-electron chi connectivity index (χ1n) is 10.2. The molecule has 2 unspecified atom stereocenters. The summed E-state index contributed by atoms with van der Waals surface area (Å²) in [6.07, 6.45) is 1.58. The SMILES string of the molecule is CCCOc1ccc(C2CC(=O)C3=C(C2)NC(=O)CC3c2cc(F)ccc2F)cc1. The van der Waals surface area contributed by atoms with Crippen molar-refractivity contribution in [3.05, 3.63) is 76.5 Å². The van der Waals surface area contributed by atoms with Gasteiger partial charge in [0.1, 0.15) is 17.4 Å². The van der Waals surface area contributed by atoms with Crippen LogP contribution in [0.4, 0.5) is 8.78 Å². The van der Waals surface area contributed by atoms with Crippen molar-refractivity contribution in [3.8, 4) is 5.75 Å². The maximum atomic E-state index is 14.4. The fourth-order valence-electron chi connectivity index (χ4n) is 4.30. The first-order valence-corrected chi connectivity index (χ1v) is 10.2. The number of carbonyl (C=O) groups is 2. The first-order chi connectivity index (χ1) is 14.5. The lowest BCUT2D eigenvalue weighted by Crippen LogP contribution is -2.38. The average Bonchev–Trinajstić information content (AvgIpc) is 2.73. The number of halogens is 2. The van der Waals surface area contributed by atoms with Crippen molar-refractivity contribution in [3.63, 3.8) is 0 Å². The van der Waals surface area contributed by atoms with Gasteiger partial charge in [-0.15, -0.1) is 0 Å². The largest absolute Gasteiger partial charge is 0.494 e. The van der Waals surface area contributed by atoms with E-state index in [1.165, 1.54) is 0 Å². The monoisotopic (exact) mass is 411 g/mol. The van der Waals surface area contributed by atoms with Crippen LogP contribution in [0.2, 0.25) is 0 Å². The van der Waals surface area contributed by atoms with Crippen molar-refractivity contribution in [2.24, 2.45) is 0 Å².